The van der Waals surface area contributed by atoms with Crippen LogP contribution in [0.15, 0.2) is 48.5 Å². The van der Waals surface area contributed by atoms with Gasteiger partial charge in [0.25, 0.3) is 5.91 Å². The van der Waals surface area contributed by atoms with E-state index in [1.807, 2.05) is 24.1 Å². The van der Waals surface area contributed by atoms with Crippen LogP contribution in [0.25, 0.3) is 0 Å². The molecule has 1 aliphatic rings. The first-order chi connectivity index (χ1) is 13.0. The zero-order valence-electron chi connectivity index (χ0n) is 16.2. The van der Waals surface area contributed by atoms with Crippen molar-refractivity contribution in [3.8, 4) is 0 Å². The molecule has 0 unspecified atom stereocenters. The molecule has 2 amide bonds. The number of carbonyl (C=O) groups is 2. The summed E-state index contributed by atoms with van der Waals surface area (Å²) in [6, 6.07) is 14.7. The van der Waals surface area contributed by atoms with Crippen LogP contribution < -0.4 is 11.1 Å². The van der Waals surface area contributed by atoms with Crippen molar-refractivity contribution in [2.75, 3.05) is 18.1 Å². The van der Waals surface area contributed by atoms with Crippen LogP contribution >= 0.6 is 12.4 Å². The van der Waals surface area contributed by atoms with E-state index in [1.54, 1.807) is 36.4 Å². The fourth-order valence-corrected chi connectivity index (χ4v) is 3.56. The van der Waals surface area contributed by atoms with Gasteiger partial charge in [0.15, 0.2) is 0 Å². The van der Waals surface area contributed by atoms with Crippen molar-refractivity contribution in [1.82, 2.24) is 4.90 Å². The summed E-state index contributed by atoms with van der Waals surface area (Å²) in [5.41, 5.74) is 8.58. The van der Waals surface area contributed by atoms with Crippen LogP contribution in [0.3, 0.4) is 0 Å². The van der Waals surface area contributed by atoms with Crippen molar-refractivity contribution < 1.29 is 9.59 Å². The maximum Gasteiger partial charge on any atom is 0.253 e. The molecule has 1 fully saturated rings. The number of amides is 2. The van der Waals surface area contributed by atoms with E-state index in [4.69, 9.17) is 5.73 Å². The maximum atomic E-state index is 12.7. The predicted octanol–water partition coefficient (Wildman–Crippen LogP) is 4.28. The number of hydrogen-bond donors (Lipinski definition) is 2. The fourth-order valence-electron chi connectivity index (χ4n) is 3.56. The van der Waals surface area contributed by atoms with Crippen molar-refractivity contribution in [1.29, 1.82) is 0 Å². The predicted molar refractivity (Wildman–Crippen MR) is 116 cm³/mol. The SMILES string of the molecule is CN(C(=O)c1ccc(NC(=O)Cc2ccc(N)cc2)cc1)C1CCCCC1.Cl. The standard InChI is InChI=1S/C22H27N3O2.ClH/c1-25(20-5-3-2-4-6-20)22(27)17-9-13-19(14-10-17)24-21(26)15-16-7-11-18(23)12-8-16;/h7-14,20H,2-6,15,23H2,1H3,(H,24,26);1H. The zero-order valence-corrected chi connectivity index (χ0v) is 17.0. The summed E-state index contributed by atoms with van der Waals surface area (Å²) >= 11 is 0. The largest absolute Gasteiger partial charge is 0.399 e. The summed E-state index contributed by atoms with van der Waals surface area (Å²) in [6.45, 7) is 0. The summed E-state index contributed by atoms with van der Waals surface area (Å²) in [5, 5.41) is 2.87. The highest BCUT2D eigenvalue weighted by Gasteiger charge is 2.22. The smallest absolute Gasteiger partial charge is 0.253 e. The lowest BCUT2D eigenvalue weighted by Crippen LogP contribution is -2.38. The van der Waals surface area contributed by atoms with Gasteiger partial charge in [-0.05, 0) is 54.8 Å². The number of anilines is 2. The minimum absolute atomic E-state index is 0. The second kappa shape index (κ2) is 10.1. The van der Waals surface area contributed by atoms with Gasteiger partial charge in [0.1, 0.15) is 0 Å². The minimum atomic E-state index is -0.0989. The molecule has 0 aliphatic heterocycles. The molecule has 28 heavy (non-hydrogen) atoms. The molecule has 2 aromatic rings. The van der Waals surface area contributed by atoms with Crippen molar-refractivity contribution in [2.45, 2.75) is 44.6 Å². The fraction of sp³-hybridized carbons (Fsp3) is 0.364. The van der Waals surface area contributed by atoms with Crippen LogP contribution in [0.5, 0.6) is 0 Å². The molecule has 0 saturated heterocycles. The van der Waals surface area contributed by atoms with Crippen LogP contribution in [0.1, 0.15) is 48.0 Å². The first kappa shape index (κ1) is 21.8. The molecule has 0 spiro atoms. The molecule has 0 aromatic heterocycles. The molecule has 3 N–H and O–H groups in total. The molecule has 2 aromatic carbocycles. The molecule has 150 valence electrons. The lowest BCUT2D eigenvalue weighted by atomic mass is 9.94. The molecule has 1 aliphatic carbocycles. The summed E-state index contributed by atoms with van der Waals surface area (Å²) in [4.78, 5) is 26.7. The number of nitrogens with two attached hydrogens (primary N) is 1. The molecule has 0 heterocycles. The van der Waals surface area contributed by atoms with Crippen LogP contribution in [-0.4, -0.2) is 29.8 Å². The topological polar surface area (TPSA) is 75.4 Å². The number of benzene rings is 2. The Morgan fingerprint density at radius 3 is 2.21 bits per heavy atom. The van der Waals surface area contributed by atoms with Gasteiger partial charge < -0.3 is 16.0 Å². The van der Waals surface area contributed by atoms with Crippen molar-refractivity contribution in [3.05, 3.63) is 59.7 Å². The number of halogens is 1. The van der Waals surface area contributed by atoms with Gasteiger partial charge in [0.05, 0.1) is 6.42 Å². The number of rotatable bonds is 5. The molecule has 6 heteroatoms. The van der Waals surface area contributed by atoms with Gasteiger partial charge in [-0.1, -0.05) is 31.4 Å². The van der Waals surface area contributed by atoms with Crippen molar-refractivity contribution in [2.24, 2.45) is 0 Å². The Morgan fingerprint density at radius 2 is 1.61 bits per heavy atom. The molecule has 0 atom stereocenters. The summed E-state index contributed by atoms with van der Waals surface area (Å²) in [5.74, 6) is -0.0557. The highest BCUT2D eigenvalue weighted by Crippen LogP contribution is 2.23. The van der Waals surface area contributed by atoms with Gasteiger partial charge in [-0.25, -0.2) is 0 Å². The van der Waals surface area contributed by atoms with Crippen LogP contribution in [-0.2, 0) is 11.2 Å². The number of carbonyl (C=O) groups excluding carboxylic acids is 2. The van der Waals surface area contributed by atoms with Crippen LogP contribution in [0.2, 0.25) is 0 Å². The lowest BCUT2D eigenvalue weighted by molar-refractivity contribution is -0.115. The molecule has 0 radical (unpaired) electrons. The Labute approximate surface area is 172 Å². The third-order valence-corrected chi connectivity index (χ3v) is 5.20. The highest BCUT2D eigenvalue weighted by molar-refractivity contribution is 5.96. The number of nitrogens with one attached hydrogen (secondary N) is 1. The average Bonchev–Trinajstić information content (AvgIpc) is 2.70. The van der Waals surface area contributed by atoms with E-state index in [-0.39, 0.29) is 30.6 Å². The summed E-state index contributed by atoms with van der Waals surface area (Å²) in [7, 11) is 1.89. The number of nitrogen functional groups attached to an aromatic ring is 1. The Balaban J connectivity index is 0.00000280. The summed E-state index contributed by atoms with van der Waals surface area (Å²) < 4.78 is 0. The monoisotopic (exact) mass is 401 g/mol. The van der Waals surface area contributed by atoms with E-state index in [0.717, 1.165) is 18.4 Å². The normalized spacial score (nSPS) is 14.0. The first-order valence-electron chi connectivity index (χ1n) is 9.54. The third-order valence-electron chi connectivity index (χ3n) is 5.20. The molecule has 5 nitrogen and oxygen atoms in total. The quantitative estimate of drug-likeness (QED) is 0.734. The van der Waals surface area contributed by atoms with Gasteiger partial charge in [0.2, 0.25) is 5.91 Å². The van der Waals surface area contributed by atoms with Crippen molar-refractivity contribution in [3.63, 3.8) is 0 Å². The van der Waals surface area contributed by atoms with E-state index in [9.17, 15) is 9.59 Å². The highest BCUT2D eigenvalue weighted by atomic mass is 35.5. The second-order valence-electron chi connectivity index (χ2n) is 7.25. The molecule has 0 bridgehead atoms. The van der Waals surface area contributed by atoms with Gasteiger partial charge >= 0.3 is 0 Å². The van der Waals surface area contributed by atoms with Gasteiger partial charge in [-0.2, -0.15) is 0 Å². The van der Waals surface area contributed by atoms with E-state index >= 15 is 0 Å². The van der Waals surface area contributed by atoms with Gasteiger partial charge in [0, 0.05) is 30.0 Å². The molecule has 3 rings (SSSR count). The Kier molecular flexibility index (Phi) is 7.88. The molecular weight excluding hydrogens is 374 g/mol. The second-order valence-corrected chi connectivity index (χ2v) is 7.25. The number of nitrogens with zero attached hydrogens (tertiary/aromatic N) is 1. The van der Waals surface area contributed by atoms with Gasteiger partial charge in [-0.3, -0.25) is 9.59 Å². The lowest BCUT2D eigenvalue weighted by Gasteiger charge is -2.31. The Hall–Kier alpha value is -2.53. The average molecular weight is 402 g/mol. The van der Waals surface area contributed by atoms with E-state index in [2.05, 4.69) is 5.32 Å². The third kappa shape index (κ3) is 5.73. The summed E-state index contributed by atoms with van der Waals surface area (Å²) in [6.07, 6.45) is 6.11. The van der Waals surface area contributed by atoms with Crippen LogP contribution in [0.4, 0.5) is 11.4 Å². The Morgan fingerprint density at radius 1 is 1.00 bits per heavy atom. The first-order valence-corrected chi connectivity index (χ1v) is 9.54. The Bertz CT molecular complexity index is 784. The maximum absolute atomic E-state index is 12.7. The van der Waals surface area contributed by atoms with E-state index in [0.29, 0.717) is 23.0 Å². The molecule has 1 saturated carbocycles. The van der Waals surface area contributed by atoms with E-state index < -0.39 is 0 Å². The van der Waals surface area contributed by atoms with E-state index in [1.165, 1.54) is 19.3 Å². The zero-order chi connectivity index (χ0) is 19.2. The minimum Gasteiger partial charge on any atom is -0.399 e. The molecular formula is C22H28ClN3O2. The van der Waals surface area contributed by atoms with Crippen LogP contribution in [0, 0.1) is 0 Å². The van der Waals surface area contributed by atoms with Crippen molar-refractivity contribution >= 4 is 35.6 Å². The number of hydrogen-bond acceptors (Lipinski definition) is 3. The van der Waals surface area contributed by atoms with Gasteiger partial charge in [-0.15, -0.1) is 12.4 Å².